The highest BCUT2D eigenvalue weighted by molar-refractivity contribution is 7.98. The standard InChI is InChI=1S/C5H10N2.C5H12O.C5H10O.C5H12.2C5H10.C4H9NO2.3C4H9NO.C4H9NS.C4H11N.C3H8O2S.C3H8OS.C3H8O.C3H8S/c1-5(4-6)7(2)3;2*1-4(2)5(3)6;3*1-4-5(2)3;1-5(2)4(6)7-3;4*1-4(6)5(2)3;1-4-5(2)3;1-3-6(2,4)5;1-3-5(2)4;2*1-3-4-2/h5H,1-3H3;4-6H,1-3H3;4H,1-3H3;5H,4H2,1-3H3;2*4H,1-3H3;1-3H3;4*1-3H3;4H2,1-3H3;3H2,1-2H3;3H2,1-2H3;2*3H2,1-2H3. The molecule has 89 heavy (non-hydrogen) atoms. The van der Waals surface area contributed by atoms with Crippen molar-refractivity contribution in [1.29, 1.82) is 5.26 Å². The van der Waals surface area contributed by atoms with E-state index in [1.165, 1.54) is 77.1 Å². The zero-order chi connectivity index (χ0) is 76.1. The number of Topliss-reactive ketones (excluding diaryl/α,β-unsaturated/α-hetero) is 1. The van der Waals surface area contributed by atoms with E-state index < -0.39 is 20.6 Å². The molecule has 0 bridgehead atoms. The summed E-state index contributed by atoms with van der Waals surface area (Å²) in [6.45, 7) is 50.3. The number of rotatable bonds is 9. The van der Waals surface area contributed by atoms with Gasteiger partial charge in [0.25, 0.3) is 0 Å². The second-order valence-corrected chi connectivity index (χ2v) is 27.6. The lowest BCUT2D eigenvalue weighted by atomic mass is 10.1. The fourth-order valence-electron chi connectivity index (χ4n) is 0.298. The van der Waals surface area contributed by atoms with Crippen molar-refractivity contribution in [3.05, 3.63) is 23.3 Å². The highest BCUT2D eigenvalue weighted by Crippen LogP contribution is 1.97. The van der Waals surface area contributed by atoms with Crippen LogP contribution in [-0.4, -0.2) is 261 Å². The van der Waals surface area contributed by atoms with E-state index in [9.17, 15) is 36.6 Å². The second-order valence-electron chi connectivity index (χ2n) is 21.7. The van der Waals surface area contributed by atoms with Gasteiger partial charge in [-0.1, -0.05) is 118 Å². The van der Waals surface area contributed by atoms with Crippen LogP contribution >= 0.6 is 24.0 Å². The molecule has 0 aliphatic carbocycles. The van der Waals surface area contributed by atoms with Gasteiger partial charge in [-0.3, -0.25) is 28.3 Å². The molecule has 1 N–H and O–H groups in total. The summed E-state index contributed by atoms with van der Waals surface area (Å²) in [6, 6.07) is 2.13. The molecule has 0 fully saturated rings. The molecule has 0 radical (unpaired) electrons. The third-order valence-corrected chi connectivity index (χ3v) is 12.7. The molecule has 546 valence electrons. The Balaban J connectivity index is -0.0000000457. The lowest BCUT2D eigenvalue weighted by Crippen LogP contribution is -2.22. The smallest absolute Gasteiger partial charge is 0.408 e. The molecule has 0 aliphatic heterocycles. The second kappa shape index (κ2) is 98.1. The van der Waals surface area contributed by atoms with Crippen LogP contribution < -0.4 is 0 Å². The number of ketones is 1. The maximum absolute atomic E-state index is 10.2. The van der Waals surface area contributed by atoms with Gasteiger partial charge in [0, 0.05) is 146 Å². The van der Waals surface area contributed by atoms with Crippen LogP contribution in [0.3, 0.4) is 0 Å². The lowest BCUT2D eigenvalue weighted by Gasteiger charge is -2.09. The van der Waals surface area contributed by atoms with E-state index in [2.05, 4.69) is 115 Å². The van der Waals surface area contributed by atoms with Crippen molar-refractivity contribution in [2.24, 2.45) is 17.8 Å². The summed E-state index contributed by atoms with van der Waals surface area (Å²) < 4.78 is 38.8. The highest BCUT2D eigenvalue weighted by Gasteiger charge is 1.99. The monoisotopic (exact) mass is 1360 g/mol. The Morgan fingerprint density at radius 3 is 0.820 bits per heavy atom. The van der Waals surface area contributed by atoms with Crippen molar-refractivity contribution in [3.63, 3.8) is 0 Å². The maximum Gasteiger partial charge on any atom is 0.408 e. The molecule has 0 aliphatic rings. The van der Waals surface area contributed by atoms with Gasteiger partial charge in [-0.05, 0) is 135 Å². The van der Waals surface area contributed by atoms with Crippen LogP contribution in [-0.2, 0) is 49.3 Å². The number of ether oxygens (including phenoxy) is 2. The van der Waals surface area contributed by atoms with Gasteiger partial charge in [0.1, 0.15) is 15.6 Å². The molecule has 0 spiro atoms. The molecule has 0 rings (SSSR count). The molecule has 0 saturated heterocycles. The van der Waals surface area contributed by atoms with E-state index in [-0.39, 0.29) is 53.4 Å². The number of nitrogens with zero attached hydrogens (tertiary/aromatic N) is 8. The van der Waals surface area contributed by atoms with Crippen molar-refractivity contribution in [1.82, 2.24) is 34.3 Å². The average molecular weight is 1360 g/mol. The summed E-state index contributed by atoms with van der Waals surface area (Å²) in [5.41, 5.74) is 2.76. The third-order valence-electron chi connectivity index (χ3n) is 9.91. The number of thiocarbonyl (C=S) groups is 1. The summed E-state index contributed by atoms with van der Waals surface area (Å²) in [5.74, 6) is 4.30. The summed E-state index contributed by atoms with van der Waals surface area (Å²) >= 11 is 6.60. The minimum Gasteiger partial charge on any atom is -0.453 e. The number of methoxy groups -OCH3 is 2. The zero-order valence-electron chi connectivity index (χ0n) is 66.5. The van der Waals surface area contributed by atoms with Crippen LogP contribution in [0.15, 0.2) is 23.3 Å². The summed E-state index contributed by atoms with van der Waals surface area (Å²) in [7, 11) is 25.1. The minimum atomic E-state index is -2.66. The zero-order valence-corrected chi connectivity index (χ0v) is 69.8. The number of aliphatic hydroxyl groups excluding tert-OH is 1. The predicted molar refractivity (Wildman–Crippen MR) is 403 cm³/mol. The van der Waals surface area contributed by atoms with Gasteiger partial charge >= 0.3 is 6.09 Å². The number of sulfone groups is 1. The Morgan fingerprint density at radius 2 is 0.820 bits per heavy atom. The molecule has 23 heteroatoms. The topological polar surface area (TPSA) is 222 Å². The van der Waals surface area contributed by atoms with Crippen LogP contribution in [0.5, 0.6) is 0 Å². The lowest BCUT2D eigenvalue weighted by molar-refractivity contribution is -0.127. The number of carbonyl (C=O) groups is 5. The van der Waals surface area contributed by atoms with Gasteiger partial charge < -0.3 is 44.0 Å². The average Bonchev–Trinajstić information content (AvgIpc) is 3.44. The van der Waals surface area contributed by atoms with Gasteiger partial charge in [-0.25, -0.2) is 13.2 Å². The molecule has 19 nitrogen and oxygen atoms in total. The van der Waals surface area contributed by atoms with Crippen molar-refractivity contribution in [3.8, 4) is 6.07 Å². The Kier molecular flexibility index (Phi) is 139. The summed E-state index contributed by atoms with van der Waals surface area (Å²) in [6.07, 6.45) is 10.0. The molecule has 3 atom stereocenters. The van der Waals surface area contributed by atoms with E-state index in [0.29, 0.717) is 5.92 Å². The number of aliphatic hydroxyl groups is 1. The first-order valence-electron chi connectivity index (χ1n) is 30.0. The Hall–Kier alpha value is -3.50. The van der Waals surface area contributed by atoms with Gasteiger partial charge in [-0.2, -0.15) is 17.0 Å². The first kappa shape index (κ1) is 126. The van der Waals surface area contributed by atoms with Crippen molar-refractivity contribution in [2.45, 2.75) is 192 Å². The number of thioether (sulfide) groups is 1. The predicted octanol–water partition coefficient (Wildman–Crippen LogP) is 13.2. The van der Waals surface area contributed by atoms with Crippen molar-refractivity contribution in [2.75, 3.05) is 162 Å². The number of nitriles is 1. The molecule has 0 aromatic carbocycles. The fraction of sp³-hybridized carbons (Fsp3) is 0.833. The van der Waals surface area contributed by atoms with Gasteiger partial charge in [-0.15, -0.1) is 0 Å². The summed E-state index contributed by atoms with van der Waals surface area (Å²) in [5, 5.41) is 16.8. The number of hydrogen-bond donors (Lipinski definition) is 1. The minimum absolute atomic E-state index is 0.0417. The molecule has 4 amide bonds. The number of hydrogen-bond acceptors (Lipinski definition) is 16. The van der Waals surface area contributed by atoms with Crippen LogP contribution in [0.1, 0.15) is 180 Å². The highest BCUT2D eigenvalue weighted by atomic mass is 32.2. The van der Waals surface area contributed by atoms with Crippen molar-refractivity contribution < 1.29 is 51.2 Å². The third kappa shape index (κ3) is 255. The SMILES string of the molecule is CC(=O)C(C)C.CC(=O)N(C)C.CC(=O)N(C)C.CC(=O)N(C)C.CC(=S)N(C)C.CC(C#N)N(C)C.CC(C)C(C)O.CC=C(C)C.CC=C(C)C.CCC(C)C.CCN(C)C.CCOC.CCS(C)(=O)=O.CCS(C)=O.CCSC.COC(=O)N(C)C. The van der Waals surface area contributed by atoms with E-state index in [1.807, 2.05) is 119 Å². The summed E-state index contributed by atoms with van der Waals surface area (Å²) in [4.78, 5) is 63.3. The van der Waals surface area contributed by atoms with E-state index in [4.69, 9.17) is 22.6 Å². The first-order chi connectivity index (χ1) is 40.0. The quantitative estimate of drug-likeness (QED) is 0.167. The Bertz CT molecular complexity index is 1580. The molecule has 3 unspecified atom stereocenters. The molecule has 0 aromatic heterocycles. The molecule has 0 saturated carbocycles. The molecular weight excluding hydrogens is 1210 g/mol. The van der Waals surface area contributed by atoms with E-state index >= 15 is 0 Å². The van der Waals surface area contributed by atoms with Crippen LogP contribution in [0.25, 0.3) is 0 Å². The van der Waals surface area contributed by atoms with Crippen LogP contribution in [0.2, 0.25) is 0 Å². The van der Waals surface area contributed by atoms with Crippen LogP contribution in [0.4, 0.5) is 4.79 Å². The van der Waals surface area contributed by atoms with Gasteiger partial charge in [0.2, 0.25) is 17.7 Å². The normalized spacial score (nSPS) is 9.63. The van der Waals surface area contributed by atoms with E-state index in [0.717, 1.165) is 29.8 Å². The largest absolute Gasteiger partial charge is 0.453 e. The van der Waals surface area contributed by atoms with Gasteiger partial charge in [0.15, 0.2) is 0 Å². The maximum atomic E-state index is 10.2. The number of carbonyl (C=O) groups excluding carboxylic acids is 5. The van der Waals surface area contributed by atoms with E-state index in [1.54, 1.807) is 90.5 Å². The van der Waals surface area contributed by atoms with Gasteiger partial charge in [0.05, 0.1) is 30.3 Å². The number of amides is 4. The molecular formula is C66H152N8O11S4. The Morgan fingerprint density at radius 1 is 0.629 bits per heavy atom. The molecule has 0 aromatic rings. The van der Waals surface area contributed by atoms with Crippen LogP contribution in [0, 0.1) is 29.1 Å². The Labute approximate surface area is 567 Å². The first-order valence-corrected chi connectivity index (χ1v) is 35.6. The number of allylic oxidation sites excluding steroid dienone is 4. The fourth-order valence-corrected chi connectivity index (χ4v) is 0.298. The van der Waals surface area contributed by atoms with Crippen molar-refractivity contribution >= 4 is 79.2 Å². The molecule has 0 heterocycles.